The molecule has 1 aromatic rings. The van der Waals surface area contributed by atoms with E-state index in [0.29, 0.717) is 12.1 Å². The predicted octanol–water partition coefficient (Wildman–Crippen LogP) is 5.08. The average Bonchev–Trinajstić information content (AvgIpc) is 2.46. The summed E-state index contributed by atoms with van der Waals surface area (Å²) in [5.74, 6) is 0.128. The third-order valence-corrected chi connectivity index (χ3v) is 4.22. The summed E-state index contributed by atoms with van der Waals surface area (Å²) in [6, 6.07) is 9.70. The van der Waals surface area contributed by atoms with Crippen LogP contribution >= 0.6 is 0 Å². The second-order valence-electron chi connectivity index (χ2n) is 6.53. The number of Topliss-reactive ketones (excluding diaryl/α,β-unsaturated/α-hetero) is 1. The van der Waals surface area contributed by atoms with E-state index in [9.17, 15) is 4.79 Å². The third kappa shape index (κ3) is 5.76. The van der Waals surface area contributed by atoms with E-state index in [1.54, 1.807) is 6.92 Å². The van der Waals surface area contributed by atoms with E-state index in [4.69, 9.17) is 0 Å². The Morgan fingerprint density at radius 1 is 1.14 bits per heavy atom. The van der Waals surface area contributed by atoms with Crippen LogP contribution in [0.4, 0.5) is 0 Å². The van der Waals surface area contributed by atoms with E-state index >= 15 is 0 Å². The summed E-state index contributed by atoms with van der Waals surface area (Å²) >= 11 is 0. The number of carbonyl (C=O) groups is 1. The predicted molar refractivity (Wildman–Crippen MR) is 95.8 cm³/mol. The van der Waals surface area contributed by atoms with E-state index in [1.165, 1.54) is 18.4 Å². The van der Waals surface area contributed by atoms with E-state index < -0.39 is 0 Å². The lowest BCUT2D eigenvalue weighted by Crippen LogP contribution is -2.38. The first-order valence-corrected chi connectivity index (χ1v) is 8.39. The average molecular weight is 301 g/mol. The largest absolute Gasteiger partial charge is 0.295 e. The molecule has 0 saturated heterocycles. The van der Waals surface area contributed by atoms with Gasteiger partial charge in [0.1, 0.15) is 0 Å². The van der Waals surface area contributed by atoms with Crippen molar-refractivity contribution in [2.45, 2.75) is 73.0 Å². The second kappa shape index (κ2) is 8.89. The molecule has 2 nitrogen and oxygen atoms in total. The van der Waals surface area contributed by atoms with Crippen molar-refractivity contribution >= 4 is 11.9 Å². The highest BCUT2D eigenvalue weighted by atomic mass is 16.1. The summed E-state index contributed by atoms with van der Waals surface area (Å²) < 4.78 is 0. The van der Waals surface area contributed by atoms with Crippen LogP contribution in [0.25, 0.3) is 6.08 Å². The van der Waals surface area contributed by atoms with Crippen LogP contribution < -0.4 is 0 Å². The fourth-order valence-electron chi connectivity index (χ4n) is 2.71. The maximum Gasteiger partial charge on any atom is 0.155 e. The molecule has 0 aliphatic carbocycles. The van der Waals surface area contributed by atoms with E-state index in [2.05, 4.69) is 56.9 Å². The number of nitrogens with zero attached hydrogens (tertiary/aromatic N) is 1. The van der Waals surface area contributed by atoms with Gasteiger partial charge in [0.2, 0.25) is 0 Å². The quantitative estimate of drug-likeness (QED) is 0.624. The molecule has 0 N–H and O–H groups in total. The number of hydrogen-bond acceptors (Lipinski definition) is 2. The zero-order valence-electron chi connectivity index (χ0n) is 15.0. The summed E-state index contributed by atoms with van der Waals surface area (Å²) in [6.07, 6.45) is 4.40. The lowest BCUT2D eigenvalue weighted by Gasteiger charge is -2.32. The molecule has 22 heavy (non-hydrogen) atoms. The third-order valence-electron chi connectivity index (χ3n) is 4.22. The Morgan fingerprint density at radius 3 is 2.18 bits per heavy atom. The van der Waals surface area contributed by atoms with Gasteiger partial charge < -0.3 is 0 Å². The van der Waals surface area contributed by atoms with Gasteiger partial charge in [-0.05, 0) is 63.8 Å². The Morgan fingerprint density at radius 2 is 1.73 bits per heavy atom. The Hall–Kier alpha value is -1.41. The smallest absolute Gasteiger partial charge is 0.155 e. The number of ketones is 1. The number of carbonyl (C=O) groups excluding carboxylic acids is 1. The van der Waals surface area contributed by atoms with Crippen molar-refractivity contribution in [1.29, 1.82) is 0 Å². The highest BCUT2D eigenvalue weighted by Crippen LogP contribution is 2.17. The van der Waals surface area contributed by atoms with E-state index in [0.717, 1.165) is 17.7 Å². The molecule has 1 rings (SSSR count). The van der Waals surface area contributed by atoms with Crippen LogP contribution in [-0.2, 0) is 11.3 Å². The molecule has 1 aromatic carbocycles. The molecule has 0 aromatic heterocycles. The molecule has 0 aliphatic rings. The molecule has 0 spiro atoms. The first-order valence-electron chi connectivity index (χ1n) is 8.39. The van der Waals surface area contributed by atoms with Crippen molar-refractivity contribution in [2.24, 2.45) is 0 Å². The molecule has 0 aliphatic heterocycles. The molecule has 1 atom stereocenters. The normalized spacial score (nSPS) is 13.7. The summed E-state index contributed by atoms with van der Waals surface area (Å²) in [6.45, 7) is 13.5. The van der Waals surface area contributed by atoms with Crippen molar-refractivity contribution < 1.29 is 4.79 Å². The van der Waals surface area contributed by atoms with Crippen LogP contribution in [0.5, 0.6) is 0 Å². The van der Waals surface area contributed by atoms with E-state index in [-0.39, 0.29) is 5.78 Å². The first-order chi connectivity index (χ1) is 10.3. The molecule has 0 fully saturated rings. The second-order valence-corrected chi connectivity index (χ2v) is 6.53. The minimum Gasteiger partial charge on any atom is -0.295 e. The molecule has 0 bridgehead atoms. The number of allylic oxidation sites excluding steroid dienone is 1. The van der Waals surface area contributed by atoms with Crippen LogP contribution in [-0.4, -0.2) is 22.8 Å². The van der Waals surface area contributed by atoms with Gasteiger partial charge in [-0.2, -0.15) is 0 Å². The highest BCUT2D eigenvalue weighted by molar-refractivity contribution is 5.97. The maximum atomic E-state index is 11.3. The summed E-state index contributed by atoms with van der Waals surface area (Å²) in [4.78, 5) is 13.8. The fourth-order valence-corrected chi connectivity index (χ4v) is 2.71. The monoisotopic (exact) mass is 301 g/mol. The molecule has 0 radical (unpaired) electrons. The number of benzene rings is 1. The fraction of sp³-hybridized carbons (Fsp3) is 0.550. The van der Waals surface area contributed by atoms with Crippen LogP contribution in [0, 0.1) is 0 Å². The van der Waals surface area contributed by atoms with Crippen molar-refractivity contribution in [3.8, 4) is 0 Å². The summed E-state index contributed by atoms with van der Waals surface area (Å²) in [7, 11) is 0. The van der Waals surface area contributed by atoms with E-state index in [1.807, 2.05) is 13.0 Å². The maximum absolute atomic E-state index is 11.3. The Labute approximate surface area is 136 Å². The van der Waals surface area contributed by atoms with Crippen LogP contribution in [0.2, 0.25) is 0 Å². The molecule has 1 unspecified atom stereocenters. The summed E-state index contributed by atoms with van der Waals surface area (Å²) in [5, 5.41) is 0. The van der Waals surface area contributed by atoms with Gasteiger partial charge in [0.05, 0.1) is 0 Å². The number of rotatable bonds is 8. The minimum absolute atomic E-state index is 0.128. The first kappa shape index (κ1) is 18.6. The molecular weight excluding hydrogens is 270 g/mol. The number of hydrogen-bond donors (Lipinski definition) is 0. The Balaban J connectivity index is 2.81. The molecule has 0 amide bonds. The lowest BCUT2D eigenvalue weighted by atomic mass is 10.1. The van der Waals surface area contributed by atoms with Gasteiger partial charge in [-0.1, -0.05) is 37.6 Å². The van der Waals surface area contributed by atoms with Crippen molar-refractivity contribution in [2.75, 3.05) is 0 Å². The molecule has 0 heterocycles. The molecule has 122 valence electrons. The van der Waals surface area contributed by atoms with Gasteiger partial charge in [0.15, 0.2) is 5.78 Å². The van der Waals surface area contributed by atoms with Gasteiger partial charge in [-0.25, -0.2) is 0 Å². The van der Waals surface area contributed by atoms with Crippen molar-refractivity contribution in [3.63, 3.8) is 0 Å². The Bertz CT molecular complexity index is 499. The molecular formula is C20H31NO. The van der Waals surface area contributed by atoms with Gasteiger partial charge in [0.25, 0.3) is 0 Å². The van der Waals surface area contributed by atoms with Gasteiger partial charge in [-0.3, -0.25) is 9.69 Å². The lowest BCUT2D eigenvalue weighted by molar-refractivity contribution is -0.113. The summed E-state index contributed by atoms with van der Waals surface area (Å²) in [5.41, 5.74) is 3.22. The van der Waals surface area contributed by atoms with Crippen molar-refractivity contribution in [1.82, 2.24) is 4.90 Å². The standard InChI is InChI=1S/C20H31NO/c1-7-8-17(5)21(15(2)3)14-20-11-9-19(10-12-20)13-16(4)18(6)22/h9-13,15,17H,7-8,14H2,1-6H3/b16-13+. The zero-order chi connectivity index (χ0) is 16.7. The van der Waals surface area contributed by atoms with Crippen LogP contribution in [0.15, 0.2) is 29.8 Å². The Kier molecular flexibility index (Phi) is 7.53. The van der Waals surface area contributed by atoms with Gasteiger partial charge >= 0.3 is 0 Å². The van der Waals surface area contributed by atoms with Crippen molar-refractivity contribution in [3.05, 3.63) is 41.0 Å². The topological polar surface area (TPSA) is 20.3 Å². The van der Waals surface area contributed by atoms with Crippen LogP contribution in [0.3, 0.4) is 0 Å². The van der Waals surface area contributed by atoms with Crippen LogP contribution in [0.1, 0.15) is 65.5 Å². The molecule has 0 saturated carbocycles. The van der Waals surface area contributed by atoms with Gasteiger partial charge in [0, 0.05) is 18.6 Å². The van der Waals surface area contributed by atoms with Gasteiger partial charge in [-0.15, -0.1) is 0 Å². The zero-order valence-corrected chi connectivity index (χ0v) is 15.0. The minimum atomic E-state index is 0.128. The SMILES string of the molecule is CCCC(C)N(Cc1ccc(/C=C(\C)C(C)=O)cc1)C(C)C. The molecule has 2 heteroatoms. The highest BCUT2D eigenvalue weighted by Gasteiger charge is 2.16.